The minimum atomic E-state index is 0.0205. The number of aryl methyl sites for hydroxylation is 2. The number of carbonyl (C=O) groups is 1. The van der Waals surface area contributed by atoms with Crippen LogP contribution in [0.1, 0.15) is 36.0 Å². The molecule has 1 fully saturated rings. The van der Waals surface area contributed by atoms with E-state index in [1.165, 1.54) is 0 Å². The summed E-state index contributed by atoms with van der Waals surface area (Å²) in [6.07, 6.45) is 8.95. The van der Waals surface area contributed by atoms with Crippen molar-refractivity contribution in [2.24, 2.45) is 5.92 Å². The highest BCUT2D eigenvalue weighted by Crippen LogP contribution is 2.33. The number of amides is 1. The fourth-order valence-corrected chi connectivity index (χ4v) is 6.36. The first-order valence-corrected chi connectivity index (χ1v) is 15.0. The zero-order valence-corrected chi connectivity index (χ0v) is 24.4. The number of hydrogen-bond acceptors (Lipinski definition) is 9. The van der Waals surface area contributed by atoms with Crippen molar-refractivity contribution in [2.75, 3.05) is 29.0 Å². The molecule has 2 aliphatic rings. The summed E-state index contributed by atoms with van der Waals surface area (Å²) in [5.41, 5.74) is 5.18. The molecule has 9 nitrogen and oxygen atoms in total. The van der Waals surface area contributed by atoms with Crippen LogP contribution in [0.5, 0.6) is 0 Å². The summed E-state index contributed by atoms with van der Waals surface area (Å²) in [5, 5.41) is 19.5. The van der Waals surface area contributed by atoms with Gasteiger partial charge in [0, 0.05) is 42.0 Å². The van der Waals surface area contributed by atoms with Crippen molar-refractivity contribution < 1.29 is 4.79 Å². The lowest BCUT2D eigenvalue weighted by molar-refractivity contribution is -0.117. The number of nitrogens with zero attached hydrogens (tertiary/aromatic N) is 5. The number of hydrogen-bond donors (Lipinski definition) is 3. The van der Waals surface area contributed by atoms with Crippen LogP contribution in [0.3, 0.4) is 0 Å². The minimum absolute atomic E-state index is 0.0205. The van der Waals surface area contributed by atoms with Crippen LogP contribution >= 0.6 is 23.5 Å². The first-order valence-electron chi connectivity index (χ1n) is 13.9. The van der Waals surface area contributed by atoms with E-state index in [0.717, 1.165) is 65.4 Å². The van der Waals surface area contributed by atoms with Crippen molar-refractivity contribution in [3.63, 3.8) is 0 Å². The van der Waals surface area contributed by atoms with Gasteiger partial charge in [-0.1, -0.05) is 23.7 Å². The van der Waals surface area contributed by atoms with Gasteiger partial charge in [0.1, 0.15) is 11.1 Å². The number of pyridine rings is 1. The smallest absolute Gasteiger partial charge is 0.229 e. The second kappa shape index (κ2) is 12.8. The number of halogens is 1. The molecule has 6 rings (SSSR count). The predicted molar refractivity (Wildman–Crippen MR) is 166 cm³/mol. The Labute approximate surface area is 253 Å². The molecule has 3 N–H and O–H groups in total. The highest BCUT2D eigenvalue weighted by molar-refractivity contribution is 7.97. The van der Waals surface area contributed by atoms with E-state index in [1.807, 2.05) is 54.7 Å². The van der Waals surface area contributed by atoms with E-state index in [4.69, 9.17) is 11.6 Å². The van der Waals surface area contributed by atoms with Gasteiger partial charge in [-0.05, 0) is 91.1 Å². The molecular weight excluding hydrogens is 568 g/mol. The van der Waals surface area contributed by atoms with Gasteiger partial charge >= 0.3 is 0 Å². The van der Waals surface area contributed by atoms with Crippen LogP contribution in [0.2, 0.25) is 5.02 Å². The normalized spacial score (nSPS) is 15.1. The van der Waals surface area contributed by atoms with Gasteiger partial charge in [-0.3, -0.25) is 9.78 Å². The van der Waals surface area contributed by atoms with Crippen molar-refractivity contribution in [1.82, 2.24) is 19.3 Å². The largest absolute Gasteiger partial charge is 0.339 e. The van der Waals surface area contributed by atoms with Crippen LogP contribution in [0.15, 0.2) is 72.0 Å². The van der Waals surface area contributed by atoms with E-state index < -0.39 is 0 Å². The summed E-state index contributed by atoms with van der Waals surface area (Å²) in [6, 6.07) is 17.9. The molecule has 6 bridgehead atoms. The third kappa shape index (κ3) is 6.82. The second-order valence-electron chi connectivity index (χ2n) is 10.4. The van der Waals surface area contributed by atoms with Crippen molar-refractivity contribution in [2.45, 2.75) is 37.0 Å². The van der Waals surface area contributed by atoms with E-state index in [0.29, 0.717) is 41.1 Å². The van der Waals surface area contributed by atoms with Crippen LogP contribution in [-0.4, -0.2) is 38.3 Å². The Morgan fingerprint density at radius 3 is 2.79 bits per heavy atom. The number of anilines is 5. The Kier molecular flexibility index (Phi) is 8.51. The lowest BCUT2D eigenvalue weighted by atomic mass is 9.94. The van der Waals surface area contributed by atoms with Gasteiger partial charge in [0.05, 0.1) is 23.6 Å². The summed E-state index contributed by atoms with van der Waals surface area (Å²) in [4.78, 5) is 27.4. The zero-order valence-electron chi connectivity index (χ0n) is 22.8. The van der Waals surface area contributed by atoms with Gasteiger partial charge in [-0.25, -0.2) is 9.29 Å². The summed E-state index contributed by atoms with van der Waals surface area (Å²) in [7, 11) is 0. The maximum atomic E-state index is 13.2. The monoisotopic (exact) mass is 596 g/mol. The second-order valence-corrected chi connectivity index (χ2v) is 12.0. The number of fused-ring (bicyclic) bond motifs is 6. The first kappa shape index (κ1) is 28.0. The van der Waals surface area contributed by atoms with Crippen LogP contribution in [-0.2, 0) is 17.6 Å². The molecule has 212 valence electrons. The standard InChI is InChI=1S/C31H29ClN8OS/c32-26-19-35-31-37-25-13-21(17-34-18-25)5-6-22-15-24(36-30(26)39-31)7-8-27(22)38-29(41)14-20-9-11-40(12-10-20)42-28-4-2-1-3-23(28)16-33/h1-4,7-8,13,15,17-20H,5-6,9-12,14H2,(H,38,41)(H2,35,36,37,39). The van der Waals surface area contributed by atoms with Crippen LogP contribution in [0.4, 0.5) is 28.8 Å². The average Bonchev–Trinajstić information content (AvgIpc) is 3.00. The summed E-state index contributed by atoms with van der Waals surface area (Å²) < 4.78 is 2.29. The SMILES string of the molecule is N#Cc1ccccc1SN1CCC(CC(=O)Nc2ccc3cc2CCc2cncc(c2)Nc2ncc(Cl)c(n2)N3)CC1. The predicted octanol–water partition coefficient (Wildman–Crippen LogP) is 6.73. The maximum Gasteiger partial charge on any atom is 0.229 e. The molecule has 42 heavy (non-hydrogen) atoms. The van der Waals surface area contributed by atoms with Gasteiger partial charge < -0.3 is 16.0 Å². The van der Waals surface area contributed by atoms with E-state index in [9.17, 15) is 10.1 Å². The van der Waals surface area contributed by atoms with Crippen LogP contribution in [0.25, 0.3) is 0 Å². The number of piperidine rings is 1. The maximum absolute atomic E-state index is 13.2. The molecule has 1 saturated heterocycles. The fraction of sp³-hybridized carbons (Fsp3) is 0.258. The number of nitrogens with one attached hydrogen (secondary N) is 3. The molecule has 0 saturated carbocycles. The van der Waals surface area contributed by atoms with E-state index in [2.05, 4.69) is 41.3 Å². The molecule has 2 aliphatic heterocycles. The number of aromatic nitrogens is 3. The van der Waals surface area contributed by atoms with Crippen molar-refractivity contribution in [1.29, 1.82) is 5.26 Å². The highest BCUT2D eigenvalue weighted by Gasteiger charge is 2.23. The Bertz CT molecular complexity index is 1650. The van der Waals surface area contributed by atoms with Crippen molar-refractivity contribution in [3.8, 4) is 6.07 Å². The molecule has 4 heterocycles. The van der Waals surface area contributed by atoms with Gasteiger partial charge in [0.2, 0.25) is 11.9 Å². The molecule has 0 radical (unpaired) electrons. The molecule has 0 spiro atoms. The fourth-order valence-electron chi connectivity index (χ4n) is 5.20. The molecule has 2 aromatic carbocycles. The van der Waals surface area contributed by atoms with Crippen LogP contribution in [0, 0.1) is 17.2 Å². The summed E-state index contributed by atoms with van der Waals surface area (Å²) in [5.74, 6) is 1.24. The summed E-state index contributed by atoms with van der Waals surface area (Å²) in [6.45, 7) is 1.76. The Balaban J connectivity index is 1.12. The zero-order chi connectivity index (χ0) is 28.9. The molecule has 4 aromatic rings. The number of rotatable bonds is 5. The molecule has 11 heteroatoms. The van der Waals surface area contributed by atoms with Gasteiger partial charge in [-0.2, -0.15) is 10.2 Å². The number of benzene rings is 2. The average molecular weight is 597 g/mol. The van der Waals surface area contributed by atoms with Crippen LogP contribution < -0.4 is 16.0 Å². The Morgan fingerprint density at radius 2 is 1.93 bits per heavy atom. The third-order valence-corrected chi connectivity index (χ3v) is 8.86. The van der Waals surface area contributed by atoms with Crippen molar-refractivity contribution in [3.05, 3.63) is 88.8 Å². The van der Waals surface area contributed by atoms with E-state index >= 15 is 0 Å². The lowest BCUT2D eigenvalue weighted by Crippen LogP contribution is -2.30. The quantitative estimate of drug-likeness (QED) is 0.215. The minimum Gasteiger partial charge on any atom is -0.339 e. The van der Waals surface area contributed by atoms with Crippen molar-refractivity contribution >= 4 is 58.3 Å². The van der Waals surface area contributed by atoms with E-state index in [-0.39, 0.29) is 5.91 Å². The number of carbonyl (C=O) groups excluding carboxylic acids is 1. The molecule has 1 amide bonds. The first-order chi connectivity index (χ1) is 20.5. The molecule has 0 unspecified atom stereocenters. The highest BCUT2D eigenvalue weighted by atomic mass is 35.5. The third-order valence-electron chi connectivity index (χ3n) is 7.40. The summed E-state index contributed by atoms with van der Waals surface area (Å²) >= 11 is 8.02. The van der Waals surface area contributed by atoms with Gasteiger partial charge in [0.15, 0.2) is 5.82 Å². The molecule has 0 aliphatic carbocycles. The van der Waals surface area contributed by atoms with Gasteiger partial charge in [-0.15, -0.1) is 0 Å². The topological polar surface area (TPSA) is 119 Å². The van der Waals surface area contributed by atoms with Gasteiger partial charge in [0.25, 0.3) is 0 Å². The number of nitriles is 1. The Morgan fingerprint density at radius 1 is 1.07 bits per heavy atom. The Hall–Kier alpha value is -4.17. The molecule has 2 aromatic heterocycles. The molecule has 0 atom stereocenters. The van der Waals surface area contributed by atoms with E-state index in [1.54, 1.807) is 24.3 Å². The lowest BCUT2D eigenvalue weighted by Gasteiger charge is -2.30. The molecular formula is C31H29ClN8OS.